The Bertz CT molecular complexity index is 1090. The van der Waals surface area contributed by atoms with Gasteiger partial charge in [0.1, 0.15) is 0 Å². The van der Waals surface area contributed by atoms with Gasteiger partial charge in [-0.05, 0) is 48.2 Å². The molecule has 0 aliphatic carbocycles. The summed E-state index contributed by atoms with van der Waals surface area (Å²) in [5.74, 6) is -0.792. The van der Waals surface area contributed by atoms with E-state index in [2.05, 4.69) is 10.3 Å². The number of benzene rings is 2. The van der Waals surface area contributed by atoms with Crippen LogP contribution in [0.25, 0.3) is 0 Å². The minimum Gasteiger partial charge on any atom is -0.359 e. The maximum absolute atomic E-state index is 13.6. The number of hydrogen-bond acceptors (Lipinski definition) is 3. The highest BCUT2D eigenvalue weighted by atomic mass is 16.2. The van der Waals surface area contributed by atoms with Crippen LogP contribution in [0.1, 0.15) is 32.7 Å². The molecular weight excluding hydrogens is 366 g/mol. The fourth-order valence-corrected chi connectivity index (χ4v) is 3.67. The number of imide groups is 1. The van der Waals surface area contributed by atoms with Crippen molar-refractivity contribution in [3.63, 3.8) is 0 Å². The number of nitrogens with zero attached hydrogens (tertiary/aromatic N) is 1. The average molecular weight is 387 g/mol. The van der Waals surface area contributed by atoms with E-state index < -0.39 is 17.5 Å². The predicted octanol–water partition coefficient (Wildman–Crippen LogP) is 3.31. The Morgan fingerprint density at radius 1 is 0.931 bits per heavy atom. The summed E-state index contributed by atoms with van der Waals surface area (Å²) >= 11 is 0. The molecule has 1 fully saturated rings. The molecule has 1 aliphatic rings. The van der Waals surface area contributed by atoms with Gasteiger partial charge in [0.25, 0.3) is 5.91 Å². The molecular formula is C23H21N3O3. The molecule has 6 nitrogen and oxygen atoms in total. The summed E-state index contributed by atoms with van der Waals surface area (Å²) in [4.78, 5) is 42.8. The number of aromatic nitrogens is 1. The third-order valence-corrected chi connectivity index (χ3v) is 5.45. The van der Waals surface area contributed by atoms with E-state index in [1.54, 1.807) is 18.3 Å². The van der Waals surface area contributed by atoms with E-state index >= 15 is 0 Å². The van der Waals surface area contributed by atoms with Crippen LogP contribution in [0.15, 0.2) is 66.9 Å². The van der Waals surface area contributed by atoms with Crippen molar-refractivity contribution in [3.05, 3.63) is 94.8 Å². The van der Waals surface area contributed by atoms with Gasteiger partial charge in [0.05, 0.1) is 12.2 Å². The second-order valence-corrected chi connectivity index (χ2v) is 7.24. The second-order valence-electron chi connectivity index (χ2n) is 7.24. The van der Waals surface area contributed by atoms with E-state index in [1.807, 2.05) is 62.4 Å². The lowest BCUT2D eigenvalue weighted by Crippen LogP contribution is -2.45. The van der Waals surface area contributed by atoms with Gasteiger partial charge < -0.3 is 10.3 Å². The molecule has 1 unspecified atom stereocenters. The first kappa shape index (κ1) is 18.7. The first-order valence-corrected chi connectivity index (χ1v) is 9.37. The standard InChI is InChI=1S/C23H21N3O3/c1-15-10-11-18(13-16(15)2)23(17-7-4-3-5-8-17)21(28)26(22(29)25-23)14-20(27)19-9-6-12-24-19/h3-13,24H,14H2,1-2H3,(H,25,29). The minimum absolute atomic E-state index is 0.329. The highest BCUT2D eigenvalue weighted by Crippen LogP contribution is 2.36. The normalized spacial score (nSPS) is 18.8. The van der Waals surface area contributed by atoms with E-state index in [-0.39, 0.29) is 12.3 Å². The molecule has 1 aromatic heterocycles. The number of nitrogens with one attached hydrogen (secondary N) is 2. The predicted molar refractivity (Wildman–Crippen MR) is 109 cm³/mol. The Hall–Kier alpha value is -3.67. The van der Waals surface area contributed by atoms with Gasteiger partial charge in [0.15, 0.2) is 11.3 Å². The van der Waals surface area contributed by atoms with Crippen LogP contribution in [-0.2, 0) is 10.3 Å². The van der Waals surface area contributed by atoms with Crippen LogP contribution in [0.2, 0.25) is 0 Å². The molecule has 3 aromatic rings. The molecule has 3 amide bonds. The topological polar surface area (TPSA) is 82.3 Å². The maximum Gasteiger partial charge on any atom is 0.325 e. The van der Waals surface area contributed by atoms with Gasteiger partial charge in [0, 0.05) is 6.20 Å². The van der Waals surface area contributed by atoms with Crippen LogP contribution in [0.5, 0.6) is 0 Å². The number of urea groups is 1. The molecule has 0 radical (unpaired) electrons. The first-order valence-electron chi connectivity index (χ1n) is 9.37. The van der Waals surface area contributed by atoms with Crippen LogP contribution < -0.4 is 5.32 Å². The summed E-state index contributed by atoms with van der Waals surface area (Å²) in [5.41, 5.74) is 2.41. The Morgan fingerprint density at radius 3 is 2.34 bits per heavy atom. The smallest absolute Gasteiger partial charge is 0.325 e. The fourth-order valence-electron chi connectivity index (χ4n) is 3.67. The number of ketones is 1. The number of aromatic amines is 1. The van der Waals surface area contributed by atoms with Crippen molar-refractivity contribution in [3.8, 4) is 0 Å². The van der Waals surface area contributed by atoms with Crippen LogP contribution in [0, 0.1) is 13.8 Å². The molecule has 0 bridgehead atoms. The number of carbonyl (C=O) groups is 3. The maximum atomic E-state index is 13.6. The lowest BCUT2D eigenvalue weighted by molar-refractivity contribution is -0.129. The van der Waals surface area contributed by atoms with Crippen molar-refractivity contribution in [1.82, 2.24) is 15.2 Å². The third kappa shape index (κ3) is 3.02. The lowest BCUT2D eigenvalue weighted by atomic mass is 9.81. The van der Waals surface area contributed by atoms with Crippen molar-refractivity contribution < 1.29 is 14.4 Å². The van der Waals surface area contributed by atoms with Crippen molar-refractivity contribution in [2.45, 2.75) is 19.4 Å². The van der Waals surface area contributed by atoms with E-state index in [1.165, 1.54) is 0 Å². The highest BCUT2D eigenvalue weighted by Gasteiger charge is 2.54. The molecule has 2 aromatic carbocycles. The quantitative estimate of drug-likeness (QED) is 0.520. The SMILES string of the molecule is Cc1ccc(C2(c3ccccc3)NC(=O)N(CC(=O)c3ccc[nH]3)C2=O)cc1C. The molecule has 6 heteroatoms. The van der Waals surface area contributed by atoms with E-state index in [4.69, 9.17) is 0 Å². The summed E-state index contributed by atoms with van der Waals surface area (Å²) in [5, 5.41) is 2.87. The van der Waals surface area contributed by atoms with E-state index in [0.717, 1.165) is 16.0 Å². The van der Waals surface area contributed by atoms with Crippen LogP contribution >= 0.6 is 0 Å². The van der Waals surface area contributed by atoms with E-state index in [9.17, 15) is 14.4 Å². The summed E-state index contributed by atoms with van der Waals surface area (Å²) in [7, 11) is 0. The molecule has 0 spiro atoms. The van der Waals surface area contributed by atoms with Gasteiger partial charge in [-0.1, -0.05) is 48.5 Å². The Kier molecular flexibility index (Phi) is 4.54. The summed E-state index contributed by atoms with van der Waals surface area (Å²) in [6.07, 6.45) is 1.63. The number of aryl methyl sites for hydroxylation is 2. The molecule has 29 heavy (non-hydrogen) atoms. The number of carbonyl (C=O) groups excluding carboxylic acids is 3. The fraction of sp³-hybridized carbons (Fsp3) is 0.174. The van der Waals surface area contributed by atoms with Crippen LogP contribution in [0.3, 0.4) is 0 Å². The van der Waals surface area contributed by atoms with Crippen molar-refractivity contribution in [2.24, 2.45) is 0 Å². The van der Waals surface area contributed by atoms with Gasteiger partial charge in [-0.2, -0.15) is 0 Å². The summed E-state index contributed by atoms with van der Waals surface area (Å²) < 4.78 is 0. The lowest BCUT2D eigenvalue weighted by Gasteiger charge is -2.28. The Labute approximate surface area is 168 Å². The summed E-state index contributed by atoms with van der Waals surface area (Å²) in [6.45, 7) is 3.63. The molecule has 1 saturated heterocycles. The van der Waals surface area contributed by atoms with Gasteiger partial charge >= 0.3 is 6.03 Å². The van der Waals surface area contributed by atoms with Crippen molar-refractivity contribution >= 4 is 17.7 Å². The first-order chi connectivity index (χ1) is 13.9. The van der Waals surface area contributed by atoms with Gasteiger partial charge in [0.2, 0.25) is 0 Å². The highest BCUT2D eigenvalue weighted by molar-refractivity contribution is 6.12. The molecule has 2 heterocycles. The van der Waals surface area contributed by atoms with Crippen LogP contribution in [-0.4, -0.2) is 34.2 Å². The molecule has 2 N–H and O–H groups in total. The summed E-state index contributed by atoms with van der Waals surface area (Å²) in [6, 6.07) is 17.5. The Morgan fingerprint density at radius 2 is 1.69 bits per heavy atom. The zero-order chi connectivity index (χ0) is 20.6. The third-order valence-electron chi connectivity index (χ3n) is 5.45. The van der Waals surface area contributed by atoms with Crippen molar-refractivity contribution in [2.75, 3.05) is 6.54 Å². The Balaban J connectivity index is 1.80. The van der Waals surface area contributed by atoms with Crippen molar-refractivity contribution in [1.29, 1.82) is 0 Å². The largest absolute Gasteiger partial charge is 0.359 e. The minimum atomic E-state index is -1.37. The number of Topliss-reactive ketones (excluding diaryl/α,β-unsaturated/α-hetero) is 1. The van der Waals surface area contributed by atoms with Gasteiger partial charge in [-0.15, -0.1) is 0 Å². The van der Waals surface area contributed by atoms with Gasteiger partial charge in [-0.3, -0.25) is 14.5 Å². The monoisotopic (exact) mass is 387 g/mol. The molecule has 1 atom stereocenters. The van der Waals surface area contributed by atoms with Gasteiger partial charge in [-0.25, -0.2) is 4.79 Å². The number of H-pyrrole nitrogens is 1. The number of hydrogen-bond donors (Lipinski definition) is 2. The molecule has 4 rings (SSSR count). The average Bonchev–Trinajstić information content (AvgIpc) is 3.34. The number of rotatable bonds is 5. The van der Waals surface area contributed by atoms with Crippen LogP contribution in [0.4, 0.5) is 4.79 Å². The number of amides is 3. The molecule has 146 valence electrons. The molecule has 1 aliphatic heterocycles. The van der Waals surface area contributed by atoms with E-state index in [0.29, 0.717) is 16.8 Å². The zero-order valence-electron chi connectivity index (χ0n) is 16.2. The second kappa shape index (κ2) is 7.05. The zero-order valence-corrected chi connectivity index (χ0v) is 16.2. The molecule has 0 saturated carbocycles.